The third-order valence-electron chi connectivity index (χ3n) is 5.43. The third-order valence-corrected chi connectivity index (χ3v) is 5.43. The van der Waals surface area contributed by atoms with Gasteiger partial charge in [0.2, 0.25) is 0 Å². The Morgan fingerprint density at radius 3 is 2.32 bits per heavy atom. The zero-order valence-corrected chi connectivity index (χ0v) is 11.8. The number of hydrogen-bond donors (Lipinski definition) is 1. The van der Waals surface area contributed by atoms with Crippen LogP contribution in [0.2, 0.25) is 0 Å². The van der Waals surface area contributed by atoms with Gasteiger partial charge in [-0.2, -0.15) is 0 Å². The first-order valence-electron chi connectivity index (χ1n) is 7.85. The molecule has 0 aromatic heterocycles. The predicted octanol–water partition coefficient (Wildman–Crippen LogP) is 1.80. The third kappa shape index (κ3) is 2.95. The summed E-state index contributed by atoms with van der Waals surface area (Å²) in [5.41, 5.74) is 0.459. The van der Waals surface area contributed by atoms with E-state index in [4.69, 9.17) is 5.11 Å². The summed E-state index contributed by atoms with van der Waals surface area (Å²) in [7, 11) is 0. The van der Waals surface area contributed by atoms with Crippen LogP contribution < -0.4 is 0 Å². The highest BCUT2D eigenvalue weighted by molar-refractivity contribution is 5.69. The molecule has 0 aromatic carbocycles. The molecule has 1 spiro atoms. The van der Waals surface area contributed by atoms with Gasteiger partial charge in [0, 0.05) is 19.1 Å². The molecule has 4 heteroatoms. The fourth-order valence-corrected chi connectivity index (χ4v) is 4.33. The second-order valence-corrected chi connectivity index (χ2v) is 6.87. The normalized spacial score (nSPS) is 29.3. The van der Waals surface area contributed by atoms with Gasteiger partial charge in [-0.3, -0.25) is 9.69 Å². The number of aliphatic carboxylic acids is 1. The van der Waals surface area contributed by atoms with Crippen molar-refractivity contribution in [3.63, 3.8) is 0 Å². The van der Waals surface area contributed by atoms with Gasteiger partial charge in [-0.15, -0.1) is 0 Å². The van der Waals surface area contributed by atoms with Gasteiger partial charge in [0.25, 0.3) is 0 Å². The molecule has 1 aliphatic carbocycles. The van der Waals surface area contributed by atoms with Crippen molar-refractivity contribution >= 4 is 5.97 Å². The lowest BCUT2D eigenvalue weighted by atomic mass is 9.71. The number of hydrogen-bond acceptors (Lipinski definition) is 3. The number of piperidine rings is 1. The van der Waals surface area contributed by atoms with E-state index in [0.717, 1.165) is 19.1 Å². The molecule has 19 heavy (non-hydrogen) atoms. The molecular weight excluding hydrogens is 240 g/mol. The van der Waals surface area contributed by atoms with Gasteiger partial charge < -0.3 is 10.0 Å². The molecule has 2 saturated heterocycles. The second kappa shape index (κ2) is 5.41. The van der Waals surface area contributed by atoms with Crippen LogP contribution >= 0.6 is 0 Å². The molecule has 0 unspecified atom stereocenters. The minimum atomic E-state index is -0.686. The molecule has 0 atom stereocenters. The molecule has 2 aliphatic heterocycles. The van der Waals surface area contributed by atoms with Crippen LogP contribution in [0.15, 0.2) is 0 Å². The average molecular weight is 266 g/mol. The predicted molar refractivity (Wildman–Crippen MR) is 74.2 cm³/mol. The van der Waals surface area contributed by atoms with Gasteiger partial charge >= 0.3 is 5.97 Å². The van der Waals surface area contributed by atoms with Gasteiger partial charge in [-0.25, -0.2) is 0 Å². The topological polar surface area (TPSA) is 43.8 Å². The van der Waals surface area contributed by atoms with Crippen molar-refractivity contribution in [3.05, 3.63) is 0 Å². The van der Waals surface area contributed by atoms with Crippen LogP contribution in [0.1, 0.15) is 44.9 Å². The van der Waals surface area contributed by atoms with Crippen molar-refractivity contribution in [3.8, 4) is 0 Å². The maximum absolute atomic E-state index is 10.7. The molecule has 0 radical (unpaired) electrons. The van der Waals surface area contributed by atoms with Crippen LogP contribution in [0.5, 0.6) is 0 Å². The highest BCUT2D eigenvalue weighted by Crippen LogP contribution is 2.41. The lowest BCUT2D eigenvalue weighted by Crippen LogP contribution is -2.61. The van der Waals surface area contributed by atoms with Crippen LogP contribution in [0, 0.1) is 5.41 Å². The molecule has 3 fully saturated rings. The number of rotatable bonds is 3. The van der Waals surface area contributed by atoms with Crippen LogP contribution in [-0.2, 0) is 4.79 Å². The first-order chi connectivity index (χ1) is 9.17. The molecular formula is C15H26N2O2. The van der Waals surface area contributed by atoms with E-state index in [-0.39, 0.29) is 6.54 Å². The molecule has 0 bridgehead atoms. The van der Waals surface area contributed by atoms with E-state index in [1.807, 2.05) is 0 Å². The Bertz CT molecular complexity index is 323. The van der Waals surface area contributed by atoms with E-state index in [9.17, 15) is 4.79 Å². The van der Waals surface area contributed by atoms with E-state index < -0.39 is 5.97 Å². The lowest BCUT2D eigenvalue weighted by Gasteiger charge is -2.54. The van der Waals surface area contributed by atoms with E-state index in [2.05, 4.69) is 9.80 Å². The molecule has 1 saturated carbocycles. The number of likely N-dealkylation sites (tertiary alicyclic amines) is 2. The summed E-state index contributed by atoms with van der Waals surface area (Å²) in [5, 5.41) is 8.80. The molecule has 0 amide bonds. The first-order valence-corrected chi connectivity index (χ1v) is 7.85. The fraction of sp³-hybridized carbons (Fsp3) is 0.933. The molecule has 3 aliphatic rings. The summed E-state index contributed by atoms with van der Waals surface area (Å²) in [6, 6.07) is 0.848. The summed E-state index contributed by atoms with van der Waals surface area (Å²) in [6.45, 7) is 4.74. The average Bonchev–Trinajstić information content (AvgIpc) is 2.38. The molecule has 2 heterocycles. The quantitative estimate of drug-likeness (QED) is 0.846. The Morgan fingerprint density at radius 2 is 1.74 bits per heavy atom. The van der Waals surface area contributed by atoms with E-state index in [1.165, 1.54) is 58.0 Å². The smallest absolute Gasteiger partial charge is 0.317 e. The highest BCUT2D eigenvalue weighted by atomic mass is 16.4. The fourth-order valence-electron chi connectivity index (χ4n) is 4.33. The van der Waals surface area contributed by atoms with Gasteiger partial charge in [0.1, 0.15) is 0 Å². The molecule has 1 N–H and O–H groups in total. The van der Waals surface area contributed by atoms with Crippen molar-refractivity contribution in [2.24, 2.45) is 5.41 Å². The van der Waals surface area contributed by atoms with Gasteiger partial charge in [0.05, 0.1) is 6.54 Å². The number of carbonyl (C=O) groups is 1. The summed E-state index contributed by atoms with van der Waals surface area (Å²) in [5.74, 6) is -0.686. The zero-order valence-electron chi connectivity index (χ0n) is 11.8. The highest BCUT2D eigenvalue weighted by Gasteiger charge is 2.45. The van der Waals surface area contributed by atoms with Crippen molar-refractivity contribution in [2.75, 3.05) is 32.7 Å². The van der Waals surface area contributed by atoms with Crippen LogP contribution in [0.3, 0.4) is 0 Å². The summed E-state index contributed by atoms with van der Waals surface area (Å²) in [4.78, 5) is 15.5. The zero-order chi connectivity index (χ0) is 13.3. The Labute approximate surface area is 115 Å². The Kier molecular flexibility index (Phi) is 3.81. The largest absolute Gasteiger partial charge is 0.480 e. The SMILES string of the molecule is O=C(O)CN1CC2(CCN(C3CCCCC3)CC2)C1. The van der Waals surface area contributed by atoms with Crippen LogP contribution in [0.4, 0.5) is 0 Å². The maximum atomic E-state index is 10.7. The molecule has 108 valence electrons. The second-order valence-electron chi connectivity index (χ2n) is 6.87. The van der Waals surface area contributed by atoms with Crippen molar-refractivity contribution in [1.29, 1.82) is 0 Å². The van der Waals surface area contributed by atoms with Crippen LogP contribution in [-0.4, -0.2) is 59.6 Å². The van der Waals surface area contributed by atoms with Gasteiger partial charge in [-0.1, -0.05) is 19.3 Å². The van der Waals surface area contributed by atoms with E-state index >= 15 is 0 Å². The van der Waals surface area contributed by atoms with E-state index in [1.54, 1.807) is 0 Å². The number of carboxylic acids is 1. The molecule has 4 nitrogen and oxygen atoms in total. The van der Waals surface area contributed by atoms with E-state index in [0.29, 0.717) is 5.41 Å². The molecule has 0 aromatic rings. The van der Waals surface area contributed by atoms with Gasteiger partial charge in [-0.05, 0) is 44.2 Å². The maximum Gasteiger partial charge on any atom is 0.317 e. The number of nitrogens with zero attached hydrogens (tertiary/aromatic N) is 2. The summed E-state index contributed by atoms with van der Waals surface area (Å²) in [6.07, 6.45) is 9.62. The Morgan fingerprint density at radius 1 is 1.11 bits per heavy atom. The minimum absolute atomic E-state index is 0.230. The Hall–Kier alpha value is -0.610. The van der Waals surface area contributed by atoms with Crippen LogP contribution in [0.25, 0.3) is 0 Å². The lowest BCUT2D eigenvalue weighted by molar-refractivity contribution is -0.143. The Balaban J connectivity index is 1.44. The minimum Gasteiger partial charge on any atom is -0.480 e. The first kappa shape index (κ1) is 13.4. The summed E-state index contributed by atoms with van der Waals surface area (Å²) >= 11 is 0. The monoisotopic (exact) mass is 266 g/mol. The summed E-state index contributed by atoms with van der Waals surface area (Å²) < 4.78 is 0. The standard InChI is InChI=1S/C15H26N2O2/c18-14(19)10-16-11-15(12-16)6-8-17(9-7-15)13-4-2-1-3-5-13/h13H,1-12H2,(H,18,19). The molecule has 3 rings (SSSR count). The van der Waals surface area contributed by atoms with Crippen molar-refractivity contribution in [1.82, 2.24) is 9.80 Å². The van der Waals surface area contributed by atoms with Crippen molar-refractivity contribution in [2.45, 2.75) is 51.0 Å². The van der Waals surface area contributed by atoms with Crippen molar-refractivity contribution < 1.29 is 9.90 Å². The number of carboxylic acid groups (broad SMARTS) is 1. The van der Waals surface area contributed by atoms with Gasteiger partial charge in [0.15, 0.2) is 0 Å².